The van der Waals surface area contributed by atoms with Crippen LogP contribution < -0.4 is 10.6 Å². The number of nitrogens with two attached hydrogens (primary N) is 1. The topological polar surface area (TPSA) is 70.8 Å². The molecule has 80 valence electrons. The van der Waals surface area contributed by atoms with E-state index in [9.17, 15) is 0 Å². The van der Waals surface area contributed by atoms with Crippen molar-refractivity contribution < 1.29 is 0 Å². The molecule has 0 bridgehead atoms. The number of nitrogens with one attached hydrogen (secondary N) is 1. The van der Waals surface area contributed by atoms with Gasteiger partial charge in [-0.25, -0.2) is 5.10 Å². The van der Waals surface area contributed by atoms with Gasteiger partial charge in [-0.2, -0.15) is 16.3 Å². The van der Waals surface area contributed by atoms with Crippen molar-refractivity contribution >= 4 is 23.2 Å². The highest BCUT2D eigenvalue weighted by Crippen LogP contribution is 2.17. The molecule has 0 amide bonds. The molecular formula is C9H13N5S. The summed E-state index contributed by atoms with van der Waals surface area (Å²) < 4.78 is 0. The smallest absolute Gasteiger partial charge is 0.246 e. The van der Waals surface area contributed by atoms with Crippen LogP contribution >= 0.6 is 11.3 Å². The summed E-state index contributed by atoms with van der Waals surface area (Å²) in [4.78, 5) is 6.02. The summed E-state index contributed by atoms with van der Waals surface area (Å²) in [5.74, 6) is 0.969. The number of aryl methyl sites for hydroxylation is 1. The highest BCUT2D eigenvalue weighted by atomic mass is 32.1. The standard InChI is InChI=1S/C9H13N5S/c1-6-4-15-5-7(6)3-14(2)9-11-8(10)12-13-9/h4-5H,3H2,1-2H3,(H3,10,11,12,13). The van der Waals surface area contributed by atoms with Gasteiger partial charge in [0.15, 0.2) is 0 Å². The highest BCUT2D eigenvalue weighted by Gasteiger charge is 2.08. The second-order valence-corrected chi connectivity index (χ2v) is 4.20. The van der Waals surface area contributed by atoms with Crippen LogP contribution in [0.5, 0.6) is 0 Å². The van der Waals surface area contributed by atoms with E-state index >= 15 is 0 Å². The zero-order chi connectivity index (χ0) is 10.8. The van der Waals surface area contributed by atoms with Crippen molar-refractivity contribution in [3.8, 4) is 0 Å². The first kappa shape index (κ1) is 9.97. The fourth-order valence-electron chi connectivity index (χ4n) is 1.31. The van der Waals surface area contributed by atoms with Crippen molar-refractivity contribution in [3.05, 3.63) is 21.9 Å². The van der Waals surface area contributed by atoms with Gasteiger partial charge in [-0.15, -0.1) is 5.10 Å². The summed E-state index contributed by atoms with van der Waals surface area (Å²) in [6.45, 7) is 2.90. The minimum atomic E-state index is 0.346. The molecule has 6 heteroatoms. The number of anilines is 2. The Hall–Kier alpha value is -1.56. The summed E-state index contributed by atoms with van der Waals surface area (Å²) in [6, 6.07) is 0. The maximum Gasteiger partial charge on any atom is 0.246 e. The van der Waals surface area contributed by atoms with Crippen LogP contribution in [0.25, 0.3) is 0 Å². The van der Waals surface area contributed by atoms with Crippen LogP contribution in [-0.4, -0.2) is 22.2 Å². The van der Waals surface area contributed by atoms with E-state index in [0.29, 0.717) is 11.9 Å². The van der Waals surface area contributed by atoms with Crippen molar-refractivity contribution in [1.82, 2.24) is 15.2 Å². The van der Waals surface area contributed by atoms with Crippen molar-refractivity contribution in [3.63, 3.8) is 0 Å². The number of H-pyrrole nitrogens is 1. The number of thiophene rings is 1. The number of nitrogens with zero attached hydrogens (tertiary/aromatic N) is 3. The first-order valence-electron chi connectivity index (χ1n) is 4.57. The Morgan fingerprint density at radius 2 is 2.33 bits per heavy atom. The fourth-order valence-corrected chi connectivity index (χ4v) is 2.16. The average Bonchev–Trinajstić information content (AvgIpc) is 2.77. The van der Waals surface area contributed by atoms with Gasteiger partial charge in [-0.3, -0.25) is 0 Å². The van der Waals surface area contributed by atoms with Gasteiger partial charge in [0, 0.05) is 13.6 Å². The normalized spacial score (nSPS) is 10.5. The number of hydrogen-bond donors (Lipinski definition) is 2. The van der Waals surface area contributed by atoms with E-state index in [-0.39, 0.29) is 0 Å². The number of aromatic nitrogens is 3. The van der Waals surface area contributed by atoms with E-state index in [1.54, 1.807) is 11.3 Å². The van der Waals surface area contributed by atoms with E-state index in [1.807, 2.05) is 11.9 Å². The van der Waals surface area contributed by atoms with Gasteiger partial charge in [0.1, 0.15) is 0 Å². The summed E-state index contributed by atoms with van der Waals surface area (Å²) in [6.07, 6.45) is 0. The molecule has 5 nitrogen and oxygen atoms in total. The minimum Gasteiger partial charge on any atom is -0.368 e. The van der Waals surface area contributed by atoms with E-state index in [2.05, 4.69) is 32.9 Å². The summed E-state index contributed by atoms with van der Waals surface area (Å²) in [5, 5.41) is 10.9. The van der Waals surface area contributed by atoms with Crippen LogP contribution in [-0.2, 0) is 6.54 Å². The SMILES string of the molecule is Cc1cscc1CN(C)c1n[nH]c(N)n1. The van der Waals surface area contributed by atoms with E-state index in [4.69, 9.17) is 5.73 Å². The van der Waals surface area contributed by atoms with Crippen LogP contribution in [0.4, 0.5) is 11.9 Å². The lowest BCUT2D eigenvalue weighted by Crippen LogP contribution is -2.17. The molecule has 2 rings (SSSR count). The maximum atomic E-state index is 5.47. The third kappa shape index (κ3) is 2.10. The predicted molar refractivity (Wildman–Crippen MR) is 62.0 cm³/mol. The van der Waals surface area contributed by atoms with E-state index < -0.39 is 0 Å². The molecule has 0 saturated carbocycles. The summed E-state index contributed by atoms with van der Waals surface area (Å²) >= 11 is 1.71. The maximum absolute atomic E-state index is 5.47. The molecule has 0 spiro atoms. The third-order valence-corrected chi connectivity index (χ3v) is 3.11. The van der Waals surface area contributed by atoms with Crippen LogP contribution in [0.3, 0.4) is 0 Å². The Balaban J connectivity index is 2.10. The number of rotatable bonds is 3. The molecule has 2 aromatic rings. The Morgan fingerprint density at radius 1 is 1.53 bits per heavy atom. The number of nitrogen functional groups attached to an aromatic ring is 1. The molecular weight excluding hydrogens is 210 g/mol. The Morgan fingerprint density at radius 3 is 2.87 bits per heavy atom. The number of hydrogen-bond acceptors (Lipinski definition) is 5. The third-order valence-electron chi connectivity index (χ3n) is 2.20. The Labute approximate surface area is 91.9 Å². The molecule has 0 radical (unpaired) electrons. The van der Waals surface area contributed by atoms with Crippen molar-refractivity contribution in [2.75, 3.05) is 17.7 Å². The van der Waals surface area contributed by atoms with Gasteiger partial charge < -0.3 is 10.6 Å². The number of aromatic amines is 1. The molecule has 0 aliphatic carbocycles. The predicted octanol–water partition coefficient (Wildman–Crippen LogP) is 1.39. The fraction of sp³-hybridized carbons (Fsp3) is 0.333. The monoisotopic (exact) mass is 223 g/mol. The van der Waals surface area contributed by atoms with Crippen LogP contribution in [0.15, 0.2) is 10.8 Å². The van der Waals surface area contributed by atoms with Gasteiger partial charge in [-0.05, 0) is 28.8 Å². The minimum absolute atomic E-state index is 0.346. The highest BCUT2D eigenvalue weighted by molar-refractivity contribution is 7.08. The molecule has 0 aliphatic rings. The molecule has 0 fully saturated rings. The largest absolute Gasteiger partial charge is 0.368 e. The lowest BCUT2D eigenvalue weighted by atomic mass is 10.2. The lowest BCUT2D eigenvalue weighted by molar-refractivity contribution is 0.869. The van der Waals surface area contributed by atoms with Gasteiger partial charge in [0.2, 0.25) is 11.9 Å². The molecule has 2 aromatic heterocycles. The summed E-state index contributed by atoms with van der Waals surface area (Å²) in [7, 11) is 1.94. The summed E-state index contributed by atoms with van der Waals surface area (Å²) in [5.41, 5.74) is 8.06. The second-order valence-electron chi connectivity index (χ2n) is 3.46. The molecule has 15 heavy (non-hydrogen) atoms. The zero-order valence-electron chi connectivity index (χ0n) is 8.69. The van der Waals surface area contributed by atoms with Crippen molar-refractivity contribution in [1.29, 1.82) is 0 Å². The molecule has 3 N–H and O–H groups in total. The second kappa shape index (κ2) is 3.90. The van der Waals surface area contributed by atoms with Gasteiger partial charge in [-0.1, -0.05) is 0 Å². The first-order valence-corrected chi connectivity index (χ1v) is 5.52. The quantitative estimate of drug-likeness (QED) is 0.825. The molecule has 0 saturated heterocycles. The van der Waals surface area contributed by atoms with Crippen molar-refractivity contribution in [2.45, 2.75) is 13.5 Å². The van der Waals surface area contributed by atoms with Gasteiger partial charge in [0.25, 0.3) is 0 Å². The van der Waals surface area contributed by atoms with Gasteiger partial charge in [0.05, 0.1) is 0 Å². The lowest BCUT2D eigenvalue weighted by Gasteiger charge is -2.13. The molecule has 0 aliphatic heterocycles. The van der Waals surface area contributed by atoms with Gasteiger partial charge >= 0.3 is 0 Å². The van der Waals surface area contributed by atoms with Crippen LogP contribution in [0, 0.1) is 6.92 Å². The van der Waals surface area contributed by atoms with E-state index in [1.165, 1.54) is 11.1 Å². The van der Waals surface area contributed by atoms with E-state index in [0.717, 1.165) is 6.54 Å². The van der Waals surface area contributed by atoms with Crippen LogP contribution in [0.2, 0.25) is 0 Å². The molecule has 0 atom stereocenters. The van der Waals surface area contributed by atoms with Crippen molar-refractivity contribution in [2.24, 2.45) is 0 Å². The zero-order valence-corrected chi connectivity index (χ0v) is 9.51. The van der Waals surface area contributed by atoms with Crippen LogP contribution in [0.1, 0.15) is 11.1 Å². The first-order chi connectivity index (χ1) is 7.16. The Bertz CT molecular complexity index is 447. The Kier molecular flexibility index (Phi) is 2.59. The molecule has 2 heterocycles. The molecule has 0 aromatic carbocycles. The average molecular weight is 223 g/mol. The molecule has 0 unspecified atom stereocenters.